The van der Waals surface area contributed by atoms with E-state index in [2.05, 4.69) is 0 Å². The third-order valence-electron chi connectivity index (χ3n) is 6.01. The zero-order valence-electron chi connectivity index (χ0n) is 17.7. The van der Waals surface area contributed by atoms with E-state index in [4.69, 9.17) is 11.6 Å². The molecule has 0 unspecified atom stereocenters. The molecule has 2 aromatic rings. The second-order valence-corrected chi connectivity index (χ2v) is 10.4. The molecule has 2 aliphatic heterocycles. The van der Waals surface area contributed by atoms with Crippen molar-refractivity contribution in [3.05, 3.63) is 59.1 Å². The molecule has 1 saturated heterocycles. The lowest BCUT2D eigenvalue weighted by atomic mass is 10.0. The molecule has 2 aliphatic rings. The SMILES string of the molecule is O=C(CCC(=O)N1CCCc2ccccc21)N1CCN(S(=O)(=O)c2ccc(Cl)cc2)CC1. The highest BCUT2D eigenvalue weighted by molar-refractivity contribution is 7.89. The first kappa shape index (κ1) is 22.8. The van der Waals surface area contributed by atoms with Gasteiger partial charge in [-0.25, -0.2) is 8.42 Å². The van der Waals surface area contributed by atoms with Crippen LogP contribution in [-0.4, -0.2) is 62.2 Å². The van der Waals surface area contributed by atoms with Crippen LogP contribution in [-0.2, 0) is 26.0 Å². The Labute approximate surface area is 193 Å². The Kier molecular flexibility index (Phi) is 6.83. The van der Waals surface area contributed by atoms with Crippen LogP contribution in [0.4, 0.5) is 5.69 Å². The average molecular weight is 476 g/mol. The summed E-state index contributed by atoms with van der Waals surface area (Å²) in [6, 6.07) is 14.0. The van der Waals surface area contributed by atoms with E-state index in [1.54, 1.807) is 21.9 Å². The van der Waals surface area contributed by atoms with Crippen molar-refractivity contribution in [3.8, 4) is 0 Å². The number of anilines is 1. The van der Waals surface area contributed by atoms with Crippen molar-refractivity contribution in [3.63, 3.8) is 0 Å². The summed E-state index contributed by atoms with van der Waals surface area (Å²) >= 11 is 5.85. The number of nitrogens with zero attached hydrogens (tertiary/aromatic N) is 3. The molecule has 0 atom stereocenters. The van der Waals surface area contributed by atoms with Gasteiger partial charge in [0.05, 0.1) is 4.90 Å². The molecule has 0 aliphatic carbocycles. The van der Waals surface area contributed by atoms with Crippen molar-refractivity contribution in [2.24, 2.45) is 0 Å². The van der Waals surface area contributed by atoms with E-state index in [0.717, 1.165) is 24.1 Å². The molecule has 32 heavy (non-hydrogen) atoms. The number of hydrogen-bond acceptors (Lipinski definition) is 4. The minimum absolute atomic E-state index is 0.0468. The summed E-state index contributed by atoms with van der Waals surface area (Å²) in [5.41, 5.74) is 2.11. The van der Waals surface area contributed by atoms with Crippen molar-refractivity contribution in [1.29, 1.82) is 0 Å². The second-order valence-electron chi connectivity index (χ2n) is 8.02. The van der Waals surface area contributed by atoms with E-state index in [1.165, 1.54) is 16.4 Å². The van der Waals surface area contributed by atoms with Crippen LogP contribution in [0.5, 0.6) is 0 Å². The van der Waals surface area contributed by atoms with Crippen molar-refractivity contribution >= 4 is 39.1 Å². The standard InChI is InChI=1S/C23H26ClN3O4S/c24-19-7-9-20(10-8-19)32(30,31)26-16-14-25(15-17-26)22(28)11-12-23(29)27-13-3-5-18-4-1-2-6-21(18)27/h1-2,4,6-10H,3,5,11-17H2. The van der Waals surface area contributed by atoms with E-state index >= 15 is 0 Å². The molecule has 9 heteroatoms. The van der Waals surface area contributed by atoms with Gasteiger partial charge in [-0.05, 0) is 48.7 Å². The van der Waals surface area contributed by atoms with Crippen LogP contribution in [0.25, 0.3) is 0 Å². The lowest BCUT2D eigenvalue weighted by Crippen LogP contribution is -2.50. The molecule has 0 bridgehead atoms. The summed E-state index contributed by atoms with van der Waals surface area (Å²) in [5.74, 6) is -0.165. The van der Waals surface area contributed by atoms with Gasteiger partial charge in [-0.3, -0.25) is 9.59 Å². The topological polar surface area (TPSA) is 78.0 Å². The number of amides is 2. The van der Waals surface area contributed by atoms with Gasteiger partial charge in [0.15, 0.2) is 0 Å². The maximum atomic E-state index is 12.8. The van der Waals surface area contributed by atoms with E-state index in [1.807, 2.05) is 24.3 Å². The predicted octanol–water partition coefficient (Wildman–Crippen LogP) is 2.93. The normalized spacial score (nSPS) is 17.2. The molecule has 2 heterocycles. The molecule has 0 spiro atoms. The second kappa shape index (κ2) is 9.60. The van der Waals surface area contributed by atoms with E-state index < -0.39 is 10.0 Å². The molecule has 0 saturated carbocycles. The first-order valence-corrected chi connectivity index (χ1v) is 12.6. The van der Waals surface area contributed by atoms with Crippen LogP contribution in [0.1, 0.15) is 24.8 Å². The van der Waals surface area contributed by atoms with Gasteiger partial charge in [0.1, 0.15) is 0 Å². The fourth-order valence-corrected chi connectivity index (χ4v) is 5.78. The summed E-state index contributed by atoms with van der Waals surface area (Å²) in [6.45, 7) is 1.75. The zero-order valence-corrected chi connectivity index (χ0v) is 19.3. The van der Waals surface area contributed by atoms with E-state index in [0.29, 0.717) is 24.7 Å². The minimum atomic E-state index is -3.62. The Bertz CT molecular complexity index is 1100. The summed E-state index contributed by atoms with van der Waals surface area (Å²) in [5, 5.41) is 0.474. The van der Waals surface area contributed by atoms with Crippen molar-refractivity contribution in [1.82, 2.24) is 9.21 Å². The molecule has 170 valence electrons. The van der Waals surface area contributed by atoms with Gasteiger partial charge in [0.2, 0.25) is 21.8 Å². The fourth-order valence-electron chi connectivity index (χ4n) is 4.23. The van der Waals surface area contributed by atoms with Gasteiger partial charge in [0.25, 0.3) is 0 Å². The molecule has 2 aromatic carbocycles. The highest BCUT2D eigenvalue weighted by atomic mass is 35.5. The zero-order chi connectivity index (χ0) is 22.7. The number of para-hydroxylation sites is 1. The van der Waals surface area contributed by atoms with Gasteiger partial charge >= 0.3 is 0 Å². The Morgan fingerprint density at radius 3 is 2.22 bits per heavy atom. The maximum Gasteiger partial charge on any atom is 0.243 e. The molecular weight excluding hydrogens is 450 g/mol. The number of rotatable bonds is 5. The van der Waals surface area contributed by atoms with Crippen molar-refractivity contribution < 1.29 is 18.0 Å². The van der Waals surface area contributed by atoms with Gasteiger partial charge in [-0.1, -0.05) is 29.8 Å². The van der Waals surface area contributed by atoms with Crippen LogP contribution in [0.15, 0.2) is 53.4 Å². The van der Waals surface area contributed by atoms with Gasteiger partial charge in [-0.2, -0.15) is 4.31 Å². The summed E-state index contributed by atoms with van der Waals surface area (Å²) in [4.78, 5) is 29.1. The number of piperazine rings is 1. The Balaban J connectivity index is 1.30. The fraction of sp³-hybridized carbons (Fsp3) is 0.391. The Hall–Kier alpha value is -2.42. The molecule has 0 N–H and O–H groups in total. The largest absolute Gasteiger partial charge is 0.340 e. The number of carbonyl (C=O) groups excluding carboxylic acids is 2. The third kappa shape index (κ3) is 4.82. The number of carbonyl (C=O) groups is 2. The molecular formula is C23H26ClN3O4S. The minimum Gasteiger partial charge on any atom is -0.340 e. The first-order valence-electron chi connectivity index (χ1n) is 10.8. The highest BCUT2D eigenvalue weighted by Gasteiger charge is 2.30. The van der Waals surface area contributed by atoms with Crippen molar-refractivity contribution in [2.75, 3.05) is 37.6 Å². The molecule has 1 fully saturated rings. The molecule has 7 nitrogen and oxygen atoms in total. The summed E-state index contributed by atoms with van der Waals surface area (Å²) in [7, 11) is -3.62. The van der Waals surface area contributed by atoms with Crippen molar-refractivity contribution in [2.45, 2.75) is 30.6 Å². The number of fused-ring (bicyclic) bond motifs is 1. The van der Waals surface area contributed by atoms with Gasteiger partial charge in [0, 0.05) is 56.3 Å². The highest BCUT2D eigenvalue weighted by Crippen LogP contribution is 2.27. The summed E-state index contributed by atoms with van der Waals surface area (Å²) < 4.78 is 27.0. The molecule has 0 radical (unpaired) electrons. The number of sulfonamides is 1. The van der Waals surface area contributed by atoms with Crippen LogP contribution in [0.2, 0.25) is 5.02 Å². The van der Waals surface area contributed by atoms with Crippen LogP contribution < -0.4 is 4.90 Å². The van der Waals surface area contributed by atoms with Crippen LogP contribution in [0, 0.1) is 0 Å². The number of halogens is 1. The van der Waals surface area contributed by atoms with Gasteiger partial charge in [-0.15, -0.1) is 0 Å². The monoisotopic (exact) mass is 475 g/mol. The molecule has 2 amide bonds. The van der Waals surface area contributed by atoms with E-state index in [9.17, 15) is 18.0 Å². The molecule has 0 aromatic heterocycles. The van der Waals surface area contributed by atoms with Gasteiger partial charge < -0.3 is 9.80 Å². The average Bonchev–Trinajstić information content (AvgIpc) is 2.82. The summed E-state index contributed by atoms with van der Waals surface area (Å²) in [6.07, 6.45) is 2.15. The Morgan fingerprint density at radius 1 is 0.844 bits per heavy atom. The van der Waals surface area contributed by atoms with Crippen LogP contribution in [0.3, 0.4) is 0 Å². The predicted molar refractivity (Wildman–Crippen MR) is 123 cm³/mol. The maximum absolute atomic E-state index is 12.8. The lowest BCUT2D eigenvalue weighted by Gasteiger charge is -2.34. The first-order chi connectivity index (χ1) is 15.4. The number of hydrogen-bond donors (Lipinski definition) is 0. The Morgan fingerprint density at radius 2 is 1.50 bits per heavy atom. The quantitative estimate of drug-likeness (QED) is 0.666. The number of benzene rings is 2. The lowest BCUT2D eigenvalue weighted by molar-refractivity contribution is -0.134. The van der Waals surface area contributed by atoms with Crippen LogP contribution >= 0.6 is 11.6 Å². The smallest absolute Gasteiger partial charge is 0.243 e. The number of aryl methyl sites for hydroxylation is 1. The van der Waals surface area contributed by atoms with E-state index in [-0.39, 0.29) is 42.6 Å². The third-order valence-corrected chi connectivity index (χ3v) is 8.17. The molecule has 4 rings (SSSR count).